The van der Waals surface area contributed by atoms with Gasteiger partial charge in [0.15, 0.2) is 46.6 Å². The molecule has 0 spiro atoms. The molecular weight excluding hydrogens is 1400 g/mol. The van der Waals surface area contributed by atoms with E-state index in [9.17, 15) is 67.5 Å². The van der Waals surface area contributed by atoms with Crippen LogP contribution in [0.4, 0.5) is 71.6 Å². The molecule has 105 heavy (non-hydrogen) atoms. The van der Waals surface area contributed by atoms with Crippen molar-refractivity contribution in [1.29, 1.82) is 0 Å². The number of aromatic nitrogens is 16. The zero-order valence-corrected chi connectivity index (χ0v) is 55.7. The molecule has 0 unspecified atom stereocenters. The first-order valence-electron chi connectivity index (χ1n) is 31.7. The van der Waals surface area contributed by atoms with Crippen molar-refractivity contribution >= 4 is 91.0 Å². The van der Waals surface area contributed by atoms with Crippen LogP contribution in [-0.2, 0) is 19.2 Å². The third-order valence-corrected chi connectivity index (χ3v) is 15.2. The maximum atomic E-state index is 14.2. The molecular formula is C66H81F11N24O4. The lowest BCUT2D eigenvalue weighted by molar-refractivity contribution is -0.140. The SMILES string of the molecule is CC(C)(Nc1nc(-c2ccnc3[nH]ccc23)ncc1F)C(=O)NCC(F)(F)F.C[C@H](Nc1ccnc(-c2ccnc3[nH]ccc23)n1)C(=O)NC1CC1.C[C@H](Nc1ccnc(-c2ccnc3[nH]ccc23)n1)C(=O)NCC(F)(F)F.C[C@H](Nc1nc(-c2ccnc3[nH]ccc23)ncc1F)C(=O)NCC(F)(F)F.[HH].[HH].[HH].[HH].[HH].[HH].[HH].[HH].[HH]. The van der Waals surface area contributed by atoms with Gasteiger partial charge in [0.25, 0.3) is 0 Å². The highest BCUT2D eigenvalue weighted by atomic mass is 19.4. The van der Waals surface area contributed by atoms with Crippen LogP contribution in [0.25, 0.3) is 89.7 Å². The van der Waals surface area contributed by atoms with Crippen LogP contribution in [0.5, 0.6) is 0 Å². The third kappa shape index (κ3) is 20.4. The molecule has 1 aliphatic carbocycles. The first kappa shape index (κ1) is 75.1. The van der Waals surface area contributed by atoms with E-state index in [-0.39, 0.29) is 48.1 Å². The first-order valence-corrected chi connectivity index (χ1v) is 31.7. The van der Waals surface area contributed by atoms with E-state index < -0.39 is 85.1 Å². The molecule has 0 bridgehead atoms. The number of carbonyl (C=O) groups excluding carboxylic acids is 4. The fraction of sp³-hybridized carbons (Fsp3) is 0.273. The Bertz CT molecular complexity index is 5080. The molecule has 0 saturated heterocycles. The molecule has 0 radical (unpaired) electrons. The predicted molar refractivity (Wildman–Crippen MR) is 383 cm³/mol. The fourth-order valence-corrected chi connectivity index (χ4v) is 9.78. The van der Waals surface area contributed by atoms with Crippen molar-refractivity contribution in [2.45, 2.75) is 95.7 Å². The number of fused-ring (bicyclic) bond motifs is 4. The monoisotopic (exact) mass is 1480 g/mol. The van der Waals surface area contributed by atoms with Gasteiger partial charge in [0, 0.05) is 125 Å². The van der Waals surface area contributed by atoms with Crippen LogP contribution in [0.1, 0.15) is 60.3 Å². The number of amides is 4. The largest absolute Gasteiger partial charge is 0.405 e. The van der Waals surface area contributed by atoms with Gasteiger partial charge >= 0.3 is 18.5 Å². The summed E-state index contributed by atoms with van der Waals surface area (Å²) in [5, 5.41) is 22.5. The molecule has 1 saturated carbocycles. The van der Waals surface area contributed by atoms with Crippen LogP contribution in [-0.4, -0.2) is 171 Å². The maximum absolute atomic E-state index is 14.2. The molecule has 566 valence electrons. The van der Waals surface area contributed by atoms with Crippen LogP contribution >= 0.6 is 0 Å². The lowest BCUT2D eigenvalue weighted by Crippen LogP contribution is -2.50. The summed E-state index contributed by atoms with van der Waals surface area (Å²) in [6.45, 7) is 2.86. The van der Waals surface area contributed by atoms with Crippen LogP contribution in [0.15, 0.2) is 135 Å². The summed E-state index contributed by atoms with van der Waals surface area (Å²) in [5.74, 6) is -2.67. The van der Waals surface area contributed by atoms with Crippen molar-refractivity contribution in [2.75, 3.05) is 40.9 Å². The Balaban J connectivity index is 0.000000741. The number of aromatic amines is 4. The molecule has 1 aliphatic rings. The van der Waals surface area contributed by atoms with E-state index in [1.807, 2.05) is 36.6 Å². The Kier molecular flexibility index (Phi) is 23.0. The van der Waals surface area contributed by atoms with Crippen LogP contribution in [0, 0.1) is 11.6 Å². The topological polar surface area (TPSA) is 382 Å². The van der Waals surface area contributed by atoms with Crippen molar-refractivity contribution in [3.05, 3.63) is 147 Å². The van der Waals surface area contributed by atoms with Gasteiger partial charge in [0.05, 0.1) is 12.4 Å². The van der Waals surface area contributed by atoms with Gasteiger partial charge in [-0.25, -0.2) is 68.6 Å². The van der Waals surface area contributed by atoms with Crippen molar-refractivity contribution in [1.82, 2.24) is 101 Å². The van der Waals surface area contributed by atoms with Gasteiger partial charge in [-0.05, 0) is 108 Å². The van der Waals surface area contributed by atoms with E-state index in [0.717, 1.165) is 52.8 Å². The molecule has 0 aromatic carbocycles. The van der Waals surface area contributed by atoms with Crippen LogP contribution in [0.2, 0.25) is 0 Å². The van der Waals surface area contributed by atoms with Gasteiger partial charge in [-0.2, -0.15) is 39.5 Å². The molecule has 12 aromatic heterocycles. The number of pyridine rings is 4. The van der Waals surface area contributed by atoms with E-state index >= 15 is 0 Å². The summed E-state index contributed by atoms with van der Waals surface area (Å²) >= 11 is 0. The van der Waals surface area contributed by atoms with Crippen molar-refractivity contribution in [2.24, 2.45) is 0 Å². The molecule has 3 atom stereocenters. The average Bonchev–Trinajstić information content (AvgIpc) is 1.48. The van der Waals surface area contributed by atoms with E-state index in [4.69, 9.17) is 0 Å². The number of rotatable bonds is 20. The number of nitrogens with one attached hydrogen (secondary N) is 12. The van der Waals surface area contributed by atoms with Gasteiger partial charge in [0.1, 0.15) is 77.5 Å². The van der Waals surface area contributed by atoms with Crippen molar-refractivity contribution < 1.29 is 80.3 Å². The van der Waals surface area contributed by atoms with Gasteiger partial charge in [-0.15, -0.1) is 0 Å². The highest BCUT2D eigenvalue weighted by Crippen LogP contribution is 2.31. The summed E-state index contributed by atoms with van der Waals surface area (Å²) < 4.78 is 138. The normalized spacial score (nSPS) is 13.2. The minimum Gasteiger partial charge on any atom is -0.359 e. The van der Waals surface area contributed by atoms with Gasteiger partial charge in [0.2, 0.25) is 23.6 Å². The lowest BCUT2D eigenvalue weighted by Gasteiger charge is -2.26. The quantitative estimate of drug-likeness (QED) is 0.0315. The highest BCUT2D eigenvalue weighted by Gasteiger charge is 2.35. The summed E-state index contributed by atoms with van der Waals surface area (Å²) in [7, 11) is 0. The number of H-pyrrole nitrogens is 4. The maximum Gasteiger partial charge on any atom is 0.405 e. The summed E-state index contributed by atoms with van der Waals surface area (Å²) in [5.41, 5.74) is 3.91. The second-order valence-electron chi connectivity index (χ2n) is 23.8. The first-order chi connectivity index (χ1) is 49.8. The molecule has 13 rings (SSSR count). The Morgan fingerprint density at radius 2 is 0.771 bits per heavy atom. The molecule has 28 nitrogen and oxygen atoms in total. The van der Waals surface area contributed by atoms with E-state index in [2.05, 4.69) is 106 Å². The Hall–Kier alpha value is -12.6. The Morgan fingerprint density at radius 1 is 0.438 bits per heavy atom. The molecule has 39 heteroatoms. The number of anilines is 4. The summed E-state index contributed by atoms with van der Waals surface area (Å²) in [6.07, 6.45) is 6.98. The zero-order chi connectivity index (χ0) is 75.4. The van der Waals surface area contributed by atoms with Gasteiger partial charge in [-0.1, -0.05) is 0 Å². The Morgan fingerprint density at radius 3 is 1.15 bits per heavy atom. The average molecular weight is 1480 g/mol. The highest BCUT2D eigenvalue weighted by molar-refractivity contribution is 5.95. The number of halogens is 11. The van der Waals surface area contributed by atoms with E-state index in [0.29, 0.717) is 68.2 Å². The van der Waals surface area contributed by atoms with E-state index in [1.165, 1.54) is 52.4 Å². The molecule has 12 N–H and O–H groups in total. The number of alkyl halides is 9. The van der Waals surface area contributed by atoms with Crippen molar-refractivity contribution in [3.8, 4) is 45.6 Å². The minimum atomic E-state index is -4.55. The lowest BCUT2D eigenvalue weighted by atomic mass is 10.0. The minimum absolute atomic E-state index is 0. The second-order valence-corrected chi connectivity index (χ2v) is 23.8. The predicted octanol–water partition coefficient (Wildman–Crippen LogP) is 12.5. The molecule has 4 amide bonds. The fourth-order valence-electron chi connectivity index (χ4n) is 9.78. The molecule has 0 aliphatic heterocycles. The van der Waals surface area contributed by atoms with E-state index in [1.54, 1.807) is 84.2 Å². The summed E-state index contributed by atoms with van der Waals surface area (Å²) in [6, 6.07) is 15.5. The Labute approximate surface area is 599 Å². The molecule has 12 heterocycles. The van der Waals surface area contributed by atoms with Crippen LogP contribution in [0.3, 0.4) is 0 Å². The smallest absolute Gasteiger partial charge is 0.359 e. The standard InChI is InChI=1S/C17H16F4N6O.C17H18N6O.C16H14F4N6O.C16H15F3N6O.9H2/c1-16(2,15(28)25-8-17(19,20)21)27-14-11(18)7-24-13(26-14)10-4-6-23-12-9(10)3-5-22-12;1-10(17(24)22-11-2-3-11)21-14-6-9-20-16(23-14)13-5-8-19-15-12(13)4-7-18-15;1-8(15(27)24-7-16(18,19)20)25-14-11(17)6-23-13(26-14)10-3-5-22-12-9(10)2-4-21-12;1-9(15(26)23-8-16(17,18)19)24-12-4-7-22-14(25-12)11-3-6-21-13-10(11)2-5-20-13;;;;;;;;;/h3-7H,8H2,1-2H3,(H,22,23)(H,25,28)(H,24,26,27);4-11H,2-3H2,1H3,(H,18,19)(H,22,24)(H,20,21,23);2-6,8H,7H2,1H3,(H,21,22)(H,24,27)(H,23,25,26);2-7,9H,8H2,1H3,(H,20,21)(H,23,26)(H,22,24,25);9*1H/t;10-;8-;9-;;;;;;;;;/m.000........./s1. The zero-order valence-electron chi connectivity index (χ0n) is 55.7. The number of nitrogens with zero attached hydrogens (tertiary/aromatic N) is 12. The third-order valence-electron chi connectivity index (χ3n) is 15.2. The van der Waals surface area contributed by atoms with Gasteiger partial charge < -0.3 is 62.5 Å². The van der Waals surface area contributed by atoms with Crippen LogP contribution < -0.4 is 42.5 Å². The van der Waals surface area contributed by atoms with Gasteiger partial charge in [-0.3, -0.25) is 19.2 Å². The molecule has 1 fully saturated rings. The van der Waals surface area contributed by atoms with Crippen molar-refractivity contribution in [3.63, 3.8) is 0 Å². The number of carbonyl (C=O) groups is 4. The number of hydrogen-bond donors (Lipinski definition) is 12. The molecule has 12 aromatic rings. The second kappa shape index (κ2) is 32.2. The number of hydrogen-bond acceptors (Lipinski definition) is 20. The summed E-state index contributed by atoms with van der Waals surface area (Å²) in [4.78, 5) is 110.